The maximum Gasteiger partial charge on any atom is 0.282 e. The van der Waals surface area contributed by atoms with Gasteiger partial charge in [0.25, 0.3) is 11.8 Å². The van der Waals surface area contributed by atoms with E-state index in [0.29, 0.717) is 22.9 Å². The zero-order valence-electron chi connectivity index (χ0n) is 16.7. The first-order valence-corrected chi connectivity index (χ1v) is 9.97. The Bertz CT molecular complexity index is 934. The summed E-state index contributed by atoms with van der Waals surface area (Å²) in [5.74, 6) is 0.213. The minimum Gasteiger partial charge on any atom is -0.366 e. The van der Waals surface area contributed by atoms with E-state index in [4.69, 9.17) is 0 Å². The molecule has 2 aliphatic rings. The summed E-state index contributed by atoms with van der Waals surface area (Å²) in [7, 11) is 0. The van der Waals surface area contributed by atoms with Crippen molar-refractivity contribution in [3.05, 3.63) is 70.9 Å². The number of piperidine rings is 1. The summed E-state index contributed by atoms with van der Waals surface area (Å²) in [5, 5.41) is 0. The lowest BCUT2D eigenvalue weighted by atomic mass is 9.97. The van der Waals surface area contributed by atoms with Gasteiger partial charge in [0.1, 0.15) is 5.70 Å². The molecular weight excluding hydrogens is 348 g/mol. The van der Waals surface area contributed by atoms with Crippen LogP contribution in [0.2, 0.25) is 0 Å². The van der Waals surface area contributed by atoms with Crippen LogP contribution < -0.4 is 4.90 Å². The number of benzene rings is 2. The third kappa shape index (κ3) is 3.24. The van der Waals surface area contributed by atoms with Crippen LogP contribution in [0, 0.1) is 19.8 Å². The second-order valence-corrected chi connectivity index (χ2v) is 8.04. The first-order valence-electron chi connectivity index (χ1n) is 9.97. The van der Waals surface area contributed by atoms with Gasteiger partial charge in [-0.15, -0.1) is 0 Å². The van der Waals surface area contributed by atoms with Crippen LogP contribution in [0.25, 0.3) is 5.57 Å². The number of carbonyl (C=O) groups excluding carboxylic acids is 2. The molecule has 0 unspecified atom stereocenters. The summed E-state index contributed by atoms with van der Waals surface area (Å²) in [4.78, 5) is 30.3. The van der Waals surface area contributed by atoms with Crippen LogP contribution in [0.15, 0.2) is 54.2 Å². The number of amides is 2. The van der Waals surface area contributed by atoms with Crippen LogP contribution in [0.3, 0.4) is 0 Å². The topological polar surface area (TPSA) is 40.6 Å². The molecule has 0 bridgehead atoms. The van der Waals surface area contributed by atoms with Gasteiger partial charge in [0.15, 0.2) is 0 Å². The molecule has 2 aliphatic heterocycles. The number of carbonyl (C=O) groups is 2. The summed E-state index contributed by atoms with van der Waals surface area (Å²) in [6.07, 6.45) is 2.08. The van der Waals surface area contributed by atoms with E-state index in [2.05, 4.69) is 11.8 Å². The maximum atomic E-state index is 13.4. The van der Waals surface area contributed by atoms with Crippen LogP contribution in [0.1, 0.15) is 36.5 Å². The molecule has 2 amide bonds. The molecule has 1 fully saturated rings. The molecule has 28 heavy (non-hydrogen) atoms. The van der Waals surface area contributed by atoms with Gasteiger partial charge in [0, 0.05) is 13.1 Å². The molecule has 0 saturated carbocycles. The van der Waals surface area contributed by atoms with E-state index >= 15 is 0 Å². The highest BCUT2D eigenvalue weighted by molar-refractivity contribution is 6.45. The standard InChI is InChI=1S/C24H26N2O2/c1-16-4-8-19(9-5-16)21-22(25-14-12-18(3)13-15-25)24(28)26(23(21)27)20-10-6-17(2)7-11-20/h4-11,18H,12-15H2,1-3H3. The summed E-state index contributed by atoms with van der Waals surface area (Å²) in [6, 6.07) is 15.4. The van der Waals surface area contributed by atoms with Crippen LogP contribution in [0.4, 0.5) is 5.69 Å². The molecule has 4 heteroatoms. The largest absolute Gasteiger partial charge is 0.366 e. The minimum atomic E-state index is -0.230. The molecule has 0 spiro atoms. The molecule has 2 aromatic carbocycles. The van der Waals surface area contributed by atoms with Crippen molar-refractivity contribution in [1.29, 1.82) is 0 Å². The van der Waals surface area contributed by atoms with Crippen molar-refractivity contribution in [3.8, 4) is 0 Å². The molecule has 4 rings (SSSR count). The summed E-state index contributed by atoms with van der Waals surface area (Å²) in [6.45, 7) is 7.88. The smallest absolute Gasteiger partial charge is 0.282 e. The number of imide groups is 1. The molecule has 0 aliphatic carbocycles. The molecule has 4 nitrogen and oxygen atoms in total. The number of nitrogens with zero attached hydrogens (tertiary/aromatic N) is 2. The number of aryl methyl sites for hydroxylation is 2. The van der Waals surface area contributed by atoms with E-state index in [1.165, 1.54) is 4.90 Å². The zero-order chi connectivity index (χ0) is 19.8. The van der Waals surface area contributed by atoms with Gasteiger partial charge in [0.05, 0.1) is 11.3 Å². The van der Waals surface area contributed by atoms with Crippen molar-refractivity contribution in [3.63, 3.8) is 0 Å². The highest BCUT2D eigenvalue weighted by Gasteiger charge is 2.42. The van der Waals surface area contributed by atoms with Gasteiger partial charge < -0.3 is 4.90 Å². The summed E-state index contributed by atoms with van der Waals surface area (Å²) < 4.78 is 0. The lowest BCUT2D eigenvalue weighted by Crippen LogP contribution is -2.38. The maximum absolute atomic E-state index is 13.4. The number of anilines is 1. The van der Waals surface area contributed by atoms with Crippen molar-refractivity contribution in [2.75, 3.05) is 18.0 Å². The Balaban J connectivity index is 1.79. The van der Waals surface area contributed by atoms with Gasteiger partial charge in [-0.1, -0.05) is 54.4 Å². The van der Waals surface area contributed by atoms with Crippen molar-refractivity contribution >= 4 is 23.1 Å². The molecule has 1 saturated heterocycles. The van der Waals surface area contributed by atoms with E-state index < -0.39 is 0 Å². The van der Waals surface area contributed by atoms with E-state index in [9.17, 15) is 9.59 Å². The van der Waals surface area contributed by atoms with Gasteiger partial charge in [0.2, 0.25) is 0 Å². The highest BCUT2D eigenvalue weighted by atomic mass is 16.2. The SMILES string of the molecule is Cc1ccc(C2=C(N3CCC(C)CC3)C(=O)N(c3ccc(C)cc3)C2=O)cc1. The molecule has 2 heterocycles. The van der Waals surface area contributed by atoms with E-state index in [1.807, 2.05) is 62.4 Å². The number of likely N-dealkylation sites (tertiary alicyclic amines) is 1. The lowest BCUT2D eigenvalue weighted by molar-refractivity contribution is -0.120. The molecule has 0 radical (unpaired) electrons. The van der Waals surface area contributed by atoms with Crippen LogP contribution in [-0.2, 0) is 9.59 Å². The van der Waals surface area contributed by atoms with Gasteiger partial charge >= 0.3 is 0 Å². The monoisotopic (exact) mass is 374 g/mol. The fraction of sp³-hybridized carbons (Fsp3) is 0.333. The van der Waals surface area contributed by atoms with Gasteiger partial charge in [-0.3, -0.25) is 9.59 Å². The van der Waals surface area contributed by atoms with Crippen LogP contribution in [-0.4, -0.2) is 29.8 Å². The average Bonchev–Trinajstić information content (AvgIpc) is 2.94. The molecule has 0 atom stereocenters. The number of hydrogen-bond acceptors (Lipinski definition) is 3. The fourth-order valence-electron chi connectivity index (χ4n) is 3.95. The van der Waals surface area contributed by atoms with E-state index in [-0.39, 0.29) is 11.8 Å². The Labute approximate surface area is 166 Å². The third-order valence-electron chi connectivity index (χ3n) is 5.79. The first kappa shape index (κ1) is 18.5. The predicted octanol–water partition coefficient (Wildman–Crippen LogP) is 4.32. The number of hydrogen-bond donors (Lipinski definition) is 0. The molecule has 0 N–H and O–H groups in total. The normalized spacial score (nSPS) is 18.4. The second kappa shape index (κ2) is 7.27. The van der Waals surface area contributed by atoms with Crippen LogP contribution >= 0.6 is 0 Å². The molecule has 144 valence electrons. The average molecular weight is 374 g/mol. The molecule has 2 aromatic rings. The number of rotatable bonds is 3. The summed E-state index contributed by atoms with van der Waals surface area (Å²) in [5.41, 5.74) is 4.75. The molecular formula is C24H26N2O2. The zero-order valence-corrected chi connectivity index (χ0v) is 16.7. The van der Waals surface area contributed by atoms with Crippen molar-refractivity contribution in [2.45, 2.75) is 33.6 Å². The Morgan fingerprint density at radius 2 is 1.32 bits per heavy atom. The van der Waals surface area contributed by atoms with Crippen molar-refractivity contribution in [1.82, 2.24) is 4.90 Å². The van der Waals surface area contributed by atoms with Crippen molar-refractivity contribution < 1.29 is 9.59 Å². The minimum absolute atomic E-state index is 0.209. The second-order valence-electron chi connectivity index (χ2n) is 8.04. The quantitative estimate of drug-likeness (QED) is 0.751. The Hall–Kier alpha value is -2.88. The lowest BCUT2D eigenvalue weighted by Gasteiger charge is -2.32. The summed E-state index contributed by atoms with van der Waals surface area (Å²) >= 11 is 0. The highest BCUT2D eigenvalue weighted by Crippen LogP contribution is 2.36. The molecule has 0 aromatic heterocycles. The Morgan fingerprint density at radius 3 is 1.89 bits per heavy atom. The predicted molar refractivity (Wildman–Crippen MR) is 112 cm³/mol. The Morgan fingerprint density at radius 1 is 0.786 bits per heavy atom. The third-order valence-corrected chi connectivity index (χ3v) is 5.79. The first-order chi connectivity index (χ1) is 13.5. The van der Waals surface area contributed by atoms with Gasteiger partial charge in [-0.05, 0) is 50.3 Å². The van der Waals surface area contributed by atoms with E-state index in [0.717, 1.165) is 42.6 Å². The van der Waals surface area contributed by atoms with Crippen molar-refractivity contribution in [2.24, 2.45) is 5.92 Å². The van der Waals surface area contributed by atoms with Gasteiger partial charge in [-0.25, -0.2) is 4.90 Å². The van der Waals surface area contributed by atoms with E-state index in [1.54, 1.807) is 0 Å². The fourth-order valence-corrected chi connectivity index (χ4v) is 3.95. The Kier molecular flexibility index (Phi) is 4.80. The van der Waals surface area contributed by atoms with Crippen LogP contribution in [0.5, 0.6) is 0 Å². The van der Waals surface area contributed by atoms with Gasteiger partial charge in [-0.2, -0.15) is 0 Å².